The lowest BCUT2D eigenvalue weighted by atomic mass is 9.90. The highest BCUT2D eigenvalue weighted by Gasteiger charge is 2.24. The van der Waals surface area contributed by atoms with Crippen LogP contribution in [-0.2, 0) is 13.0 Å². The molecule has 1 fully saturated rings. The summed E-state index contributed by atoms with van der Waals surface area (Å²) in [5.41, 5.74) is 3.90. The quantitative estimate of drug-likeness (QED) is 0.379. The van der Waals surface area contributed by atoms with E-state index in [9.17, 15) is 14.9 Å². The monoisotopic (exact) mass is 462 g/mol. The van der Waals surface area contributed by atoms with E-state index in [1.807, 2.05) is 41.3 Å². The average molecular weight is 463 g/mol. The number of hydrogen-bond donors (Lipinski definition) is 0. The van der Waals surface area contributed by atoms with Gasteiger partial charge in [-0.1, -0.05) is 24.3 Å². The molecule has 0 spiro atoms. The van der Waals surface area contributed by atoms with Gasteiger partial charge in [-0.25, -0.2) is 0 Å². The highest BCUT2D eigenvalue weighted by Crippen LogP contribution is 2.25. The minimum absolute atomic E-state index is 0.0520. The predicted molar refractivity (Wildman–Crippen MR) is 129 cm³/mol. The molecule has 0 atom stereocenters. The molecule has 3 aromatic rings. The molecule has 0 bridgehead atoms. The van der Waals surface area contributed by atoms with Gasteiger partial charge in [0.2, 0.25) is 0 Å². The number of likely N-dealkylation sites (tertiary alicyclic amines) is 1. The Hall–Kier alpha value is -3.68. The lowest BCUT2D eigenvalue weighted by Crippen LogP contribution is -2.38. The smallest absolute Gasteiger partial charge is 0.312 e. The van der Waals surface area contributed by atoms with Crippen LogP contribution in [-0.4, -0.2) is 45.7 Å². The van der Waals surface area contributed by atoms with Gasteiger partial charge in [-0.15, -0.1) is 0 Å². The van der Waals surface area contributed by atoms with Gasteiger partial charge in [0.05, 0.1) is 18.6 Å². The second kappa shape index (κ2) is 10.1. The molecule has 0 N–H and O–H groups in total. The van der Waals surface area contributed by atoms with Crippen molar-refractivity contribution in [2.45, 2.75) is 39.7 Å². The standard InChI is InChI=1S/C26H30N4O4/c1-18-25(30(32)33)19(2)29(27-18)17-22-4-8-23(9-5-22)26(31)28-14-12-21(13-15-28)16-20-6-10-24(34-3)11-7-20/h4-11,21H,12-17H2,1-3H3. The molecule has 0 saturated carbocycles. The van der Waals surface area contributed by atoms with Gasteiger partial charge in [-0.05, 0) is 74.4 Å². The normalized spacial score (nSPS) is 14.3. The molecule has 1 aromatic heterocycles. The van der Waals surface area contributed by atoms with Gasteiger partial charge in [0.1, 0.15) is 17.1 Å². The number of piperidine rings is 1. The fourth-order valence-corrected chi connectivity index (χ4v) is 4.65. The Morgan fingerprint density at radius 1 is 1.06 bits per heavy atom. The summed E-state index contributed by atoms with van der Waals surface area (Å²) in [6, 6.07) is 15.7. The van der Waals surface area contributed by atoms with Crippen molar-refractivity contribution in [3.05, 3.63) is 86.7 Å². The number of hydrogen-bond acceptors (Lipinski definition) is 5. The number of nitro groups is 1. The van der Waals surface area contributed by atoms with Crippen LogP contribution in [0.1, 0.15) is 45.7 Å². The Balaban J connectivity index is 1.32. The molecule has 1 amide bonds. The van der Waals surface area contributed by atoms with E-state index in [0.29, 0.717) is 29.4 Å². The third-order valence-corrected chi connectivity index (χ3v) is 6.64. The Morgan fingerprint density at radius 3 is 2.24 bits per heavy atom. The van der Waals surface area contributed by atoms with E-state index in [1.54, 1.807) is 25.6 Å². The fraction of sp³-hybridized carbons (Fsp3) is 0.385. The van der Waals surface area contributed by atoms with Crippen LogP contribution in [0.2, 0.25) is 0 Å². The number of methoxy groups -OCH3 is 1. The zero-order valence-electron chi connectivity index (χ0n) is 19.9. The van der Waals surface area contributed by atoms with Crippen LogP contribution in [0.4, 0.5) is 5.69 Å². The molecule has 0 aliphatic carbocycles. The summed E-state index contributed by atoms with van der Waals surface area (Å²) < 4.78 is 6.86. The van der Waals surface area contributed by atoms with Gasteiger partial charge in [0, 0.05) is 18.7 Å². The highest BCUT2D eigenvalue weighted by atomic mass is 16.6. The molecule has 0 unspecified atom stereocenters. The van der Waals surface area contributed by atoms with E-state index in [2.05, 4.69) is 17.2 Å². The third kappa shape index (κ3) is 5.11. The molecule has 8 heteroatoms. The van der Waals surface area contributed by atoms with Crippen molar-refractivity contribution in [3.8, 4) is 5.75 Å². The molecule has 1 aliphatic rings. The average Bonchev–Trinajstić information content (AvgIpc) is 3.12. The second-order valence-corrected chi connectivity index (χ2v) is 8.92. The molecule has 2 heterocycles. The van der Waals surface area contributed by atoms with E-state index >= 15 is 0 Å². The summed E-state index contributed by atoms with van der Waals surface area (Å²) in [4.78, 5) is 25.8. The van der Waals surface area contributed by atoms with Gasteiger partial charge >= 0.3 is 5.69 Å². The molecule has 2 aromatic carbocycles. The van der Waals surface area contributed by atoms with E-state index < -0.39 is 4.92 Å². The molecule has 8 nitrogen and oxygen atoms in total. The van der Waals surface area contributed by atoms with Crippen LogP contribution >= 0.6 is 0 Å². The number of carbonyl (C=O) groups excluding carboxylic acids is 1. The number of carbonyl (C=O) groups is 1. The minimum Gasteiger partial charge on any atom is -0.497 e. The van der Waals surface area contributed by atoms with Crippen molar-refractivity contribution >= 4 is 11.6 Å². The predicted octanol–water partition coefficient (Wildman–Crippen LogP) is 4.56. The highest BCUT2D eigenvalue weighted by molar-refractivity contribution is 5.94. The topological polar surface area (TPSA) is 90.5 Å². The number of benzene rings is 2. The first-order valence-corrected chi connectivity index (χ1v) is 11.5. The number of aryl methyl sites for hydroxylation is 1. The molecule has 34 heavy (non-hydrogen) atoms. The SMILES string of the molecule is COc1ccc(CC2CCN(C(=O)c3ccc(Cn4nc(C)c([N+](=O)[O-])c4C)cc3)CC2)cc1. The first kappa shape index (κ1) is 23.5. The lowest BCUT2D eigenvalue weighted by molar-refractivity contribution is -0.386. The zero-order chi connectivity index (χ0) is 24.2. The van der Waals surface area contributed by atoms with Gasteiger partial charge < -0.3 is 9.64 Å². The van der Waals surface area contributed by atoms with Gasteiger partial charge in [0.25, 0.3) is 5.91 Å². The van der Waals surface area contributed by atoms with Crippen LogP contribution < -0.4 is 4.74 Å². The number of aromatic nitrogens is 2. The molecule has 4 rings (SSSR count). The van der Waals surface area contributed by atoms with Crippen molar-refractivity contribution < 1.29 is 14.5 Å². The summed E-state index contributed by atoms with van der Waals surface area (Å²) in [6.45, 7) is 5.29. The largest absolute Gasteiger partial charge is 0.497 e. The summed E-state index contributed by atoms with van der Waals surface area (Å²) in [5.74, 6) is 1.49. The van der Waals surface area contributed by atoms with Gasteiger partial charge in [0.15, 0.2) is 0 Å². The number of nitrogens with zero attached hydrogens (tertiary/aromatic N) is 4. The number of rotatable bonds is 7. The van der Waals surface area contributed by atoms with Crippen LogP contribution in [0, 0.1) is 29.9 Å². The maximum Gasteiger partial charge on any atom is 0.312 e. The Morgan fingerprint density at radius 2 is 1.68 bits per heavy atom. The van der Waals surface area contributed by atoms with Crippen LogP contribution in [0.25, 0.3) is 0 Å². The summed E-state index contributed by atoms with van der Waals surface area (Å²) >= 11 is 0. The minimum atomic E-state index is -0.393. The maximum atomic E-state index is 13.0. The molecule has 1 aliphatic heterocycles. The van der Waals surface area contributed by atoms with E-state index in [1.165, 1.54) is 5.56 Å². The van der Waals surface area contributed by atoms with Crippen LogP contribution in [0.5, 0.6) is 5.75 Å². The molecule has 1 saturated heterocycles. The van der Waals surface area contributed by atoms with Crippen molar-refractivity contribution in [2.24, 2.45) is 5.92 Å². The number of amides is 1. The summed E-state index contributed by atoms with van der Waals surface area (Å²) in [6.07, 6.45) is 3.00. The maximum absolute atomic E-state index is 13.0. The van der Waals surface area contributed by atoms with E-state index in [4.69, 9.17) is 4.74 Å². The van der Waals surface area contributed by atoms with E-state index in [0.717, 1.165) is 43.7 Å². The zero-order valence-corrected chi connectivity index (χ0v) is 19.9. The van der Waals surface area contributed by atoms with Crippen molar-refractivity contribution in [2.75, 3.05) is 20.2 Å². The molecular weight excluding hydrogens is 432 g/mol. The van der Waals surface area contributed by atoms with Crippen molar-refractivity contribution in [3.63, 3.8) is 0 Å². The van der Waals surface area contributed by atoms with Crippen LogP contribution in [0.15, 0.2) is 48.5 Å². The Bertz CT molecular complexity index is 1160. The first-order chi connectivity index (χ1) is 16.4. The number of ether oxygens (including phenoxy) is 1. The lowest BCUT2D eigenvalue weighted by Gasteiger charge is -2.32. The third-order valence-electron chi connectivity index (χ3n) is 6.64. The van der Waals surface area contributed by atoms with Crippen molar-refractivity contribution in [1.82, 2.24) is 14.7 Å². The second-order valence-electron chi connectivity index (χ2n) is 8.92. The van der Waals surface area contributed by atoms with Crippen molar-refractivity contribution in [1.29, 1.82) is 0 Å². The molecular formula is C26H30N4O4. The van der Waals surface area contributed by atoms with E-state index in [-0.39, 0.29) is 11.6 Å². The summed E-state index contributed by atoms with van der Waals surface area (Å²) in [7, 11) is 1.67. The fourth-order valence-electron chi connectivity index (χ4n) is 4.65. The van der Waals surface area contributed by atoms with Gasteiger partial charge in [-0.3, -0.25) is 19.6 Å². The molecule has 0 radical (unpaired) electrons. The molecule has 178 valence electrons. The Kier molecular flexibility index (Phi) is 6.95. The van der Waals surface area contributed by atoms with Crippen LogP contribution in [0.3, 0.4) is 0 Å². The first-order valence-electron chi connectivity index (χ1n) is 11.5. The Labute approximate surface area is 199 Å². The van der Waals surface area contributed by atoms with Gasteiger partial charge in [-0.2, -0.15) is 5.10 Å². The summed E-state index contributed by atoms with van der Waals surface area (Å²) in [5, 5.41) is 15.5.